The Hall–Kier alpha value is -0.210. The van der Waals surface area contributed by atoms with Crippen LogP contribution < -0.4 is 5.73 Å². The highest BCUT2D eigenvalue weighted by Gasteiger charge is 1.91. The summed E-state index contributed by atoms with van der Waals surface area (Å²) in [4.78, 5) is 2.12. The van der Waals surface area contributed by atoms with Gasteiger partial charge in [0.1, 0.15) is 0 Å². The van der Waals surface area contributed by atoms with Crippen LogP contribution in [0.1, 0.15) is 78.1 Å². The maximum atomic E-state index is 8.74. The smallest absolute Gasteiger partial charge is 0.330 e. The fourth-order valence-corrected chi connectivity index (χ4v) is 1.63. The molecule has 0 rings (SSSR count). The van der Waals surface area contributed by atoms with Gasteiger partial charge < -0.3 is 10.6 Å². The van der Waals surface area contributed by atoms with Gasteiger partial charge in [-0.3, -0.25) is 9.11 Å². The zero-order valence-corrected chi connectivity index (χ0v) is 16.4. The van der Waals surface area contributed by atoms with E-state index in [0.717, 1.165) is 13.1 Å². The van der Waals surface area contributed by atoms with Gasteiger partial charge in [0.05, 0.1) is 0 Å². The Labute approximate surface area is 144 Å². The third-order valence-corrected chi connectivity index (χ3v) is 3.19. The van der Waals surface area contributed by atoms with Crippen molar-refractivity contribution in [3.8, 4) is 0 Å². The lowest BCUT2D eigenvalue weighted by Crippen LogP contribution is -2.08. The van der Waals surface area contributed by atoms with Crippen molar-refractivity contribution in [3.63, 3.8) is 0 Å². The summed E-state index contributed by atoms with van der Waals surface area (Å²) >= 11 is 0. The van der Waals surface area contributed by atoms with E-state index in [1.165, 1.54) is 64.2 Å². The lowest BCUT2D eigenvalue weighted by atomic mass is 10.1. The van der Waals surface area contributed by atoms with Crippen LogP contribution in [0.15, 0.2) is 0 Å². The molecular formula is C16H40N2O4S. The third-order valence-electron chi connectivity index (χ3n) is 3.19. The molecule has 0 aliphatic rings. The van der Waals surface area contributed by atoms with Crippen molar-refractivity contribution in [2.75, 3.05) is 27.2 Å². The molecule has 0 aromatic rings. The second kappa shape index (κ2) is 21.8. The van der Waals surface area contributed by atoms with E-state index in [-0.39, 0.29) is 0 Å². The number of nitrogens with zero attached hydrogens (tertiary/aromatic N) is 1. The lowest BCUT2D eigenvalue weighted by molar-refractivity contribution is 0.381. The van der Waals surface area contributed by atoms with E-state index in [4.69, 9.17) is 23.3 Å². The molecule has 0 unspecified atom stereocenters. The summed E-state index contributed by atoms with van der Waals surface area (Å²) in [6, 6.07) is 0. The molecule has 144 valence electrons. The van der Waals surface area contributed by atoms with Crippen LogP contribution in [0.3, 0.4) is 0 Å². The van der Waals surface area contributed by atoms with E-state index in [0.29, 0.717) is 0 Å². The first-order valence-electron chi connectivity index (χ1n) is 8.73. The molecule has 0 spiro atoms. The third kappa shape index (κ3) is 61.4. The molecule has 0 saturated carbocycles. The van der Waals surface area contributed by atoms with Crippen molar-refractivity contribution < 1.29 is 17.5 Å². The van der Waals surface area contributed by atoms with E-state index in [9.17, 15) is 0 Å². The predicted octanol–water partition coefficient (Wildman–Crippen LogP) is 3.78. The molecule has 0 fully saturated rings. The van der Waals surface area contributed by atoms with Gasteiger partial charge in [0, 0.05) is 0 Å². The number of hydrogen-bond acceptors (Lipinski definition) is 4. The standard InChI is InChI=1S/C12H27N.C4H11N.H2O4S/c1-2-3-4-5-6-7-8-9-10-11-12-13;1-4-5(2)3;1-5(2,3)4/h2-13H2,1H3;4H2,1-3H3;(H2,1,2,3,4). The number of nitrogens with two attached hydrogens (primary N) is 1. The maximum absolute atomic E-state index is 8.74. The topological polar surface area (TPSA) is 104 Å². The molecule has 0 amide bonds. The minimum absolute atomic E-state index is 0.872. The molecule has 0 heterocycles. The predicted molar refractivity (Wildman–Crippen MR) is 99.3 cm³/mol. The minimum Gasteiger partial charge on any atom is -0.330 e. The first-order valence-corrected chi connectivity index (χ1v) is 10.1. The first kappa shape index (κ1) is 27.6. The number of rotatable bonds is 11. The Bertz CT molecular complexity index is 278. The first-order chi connectivity index (χ1) is 10.7. The second-order valence-electron chi connectivity index (χ2n) is 5.81. The van der Waals surface area contributed by atoms with E-state index >= 15 is 0 Å². The quantitative estimate of drug-likeness (QED) is 0.384. The Morgan fingerprint density at radius 1 is 0.783 bits per heavy atom. The molecule has 7 heteroatoms. The van der Waals surface area contributed by atoms with Gasteiger partial charge in [-0.1, -0.05) is 71.6 Å². The Kier molecular flexibility index (Phi) is 26.2. The van der Waals surface area contributed by atoms with Crippen LogP contribution in [0.2, 0.25) is 0 Å². The summed E-state index contributed by atoms with van der Waals surface area (Å²) in [6.45, 7) is 6.41. The van der Waals surface area contributed by atoms with E-state index in [1.54, 1.807) is 0 Å². The highest BCUT2D eigenvalue weighted by Crippen LogP contribution is 2.09. The van der Waals surface area contributed by atoms with Crippen molar-refractivity contribution in [1.29, 1.82) is 0 Å². The van der Waals surface area contributed by atoms with Gasteiger partial charge in [-0.25, -0.2) is 0 Å². The van der Waals surface area contributed by atoms with Gasteiger partial charge in [0.25, 0.3) is 0 Å². The lowest BCUT2D eigenvalue weighted by Gasteiger charge is -2.00. The van der Waals surface area contributed by atoms with Crippen molar-refractivity contribution in [3.05, 3.63) is 0 Å². The van der Waals surface area contributed by atoms with Gasteiger partial charge in [0.15, 0.2) is 0 Å². The molecule has 0 radical (unpaired) electrons. The fraction of sp³-hybridized carbons (Fsp3) is 1.00. The van der Waals surface area contributed by atoms with Crippen LogP contribution in [0, 0.1) is 0 Å². The van der Waals surface area contributed by atoms with Crippen LogP contribution in [-0.2, 0) is 10.4 Å². The molecule has 0 bridgehead atoms. The highest BCUT2D eigenvalue weighted by atomic mass is 32.3. The van der Waals surface area contributed by atoms with Crippen molar-refractivity contribution >= 4 is 10.4 Å². The minimum atomic E-state index is -4.67. The average Bonchev–Trinajstić information content (AvgIpc) is 2.44. The summed E-state index contributed by atoms with van der Waals surface area (Å²) in [5, 5.41) is 0. The normalized spacial score (nSPS) is 10.6. The molecule has 0 aromatic carbocycles. The summed E-state index contributed by atoms with van der Waals surface area (Å²) in [5.74, 6) is 0. The van der Waals surface area contributed by atoms with E-state index in [2.05, 4.69) is 32.8 Å². The van der Waals surface area contributed by atoms with E-state index in [1.807, 2.05) is 0 Å². The SMILES string of the molecule is CCCCCCCCCCCCN.CCN(C)C.O=S(=O)(O)O. The van der Waals surface area contributed by atoms with Gasteiger partial charge in [-0.15, -0.1) is 0 Å². The molecule has 4 N–H and O–H groups in total. The average molecular weight is 357 g/mol. The van der Waals surface area contributed by atoms with Crippen molar-refractivity contribution in [1.82, 2.24) is 4.90 Å². The second-order valence-corrected chi connectivity index (χ2v) is 6.71. The summed E-state index contributed by atoms with van der Waals surface area (Å²) < 4.78 is 31.6. The largest absolute Gasteiger partial charge is 0.394 e. The number of unbranched alkanes of at least 4 members (excludes halogenated alkanes) is 9. The molecule has 0 atom stereocenters. The molecule has 6 nitrogen and oxygen atoms in total. The Morgan fingerprint density at radius 3 is 1.26 bits per heavy atom. The monoisotopic (exact) mass is 356 g/mol. The maximum Gasteiger partial charge on any atom is 0.394 e. The summed E-state index contributed by atoms with van der Waals surface area (Å²) in [7, 11) is -0.556. The molecule has 0 saturated heterocycles. The fourth-order valence-electron chi connectivity index (χ4n) is 1.63. The molecule has 0 aliphatic heterocycles. The zero-order chi connectivity index (χ0) is 18.6. The highest BCUT2D eigenvalue weighted by molar-refractivity contribution is 7.79. The van der Waals surface area contributed by atoms with Gasteiger partial charge in [0.2, 0.25) is 0 Å². The van der Waals surface area contributed by atoms with Crippen LogP contribution in [0.5, 0.6) is 0 Å². The van der Waals surface area contributed by atoms with Gasteiger partial charge >= 0.3 is 10.4 Å². The van der Waals surface area contributed by atoms with Crippen LogP contribution >= 0.6 is 0 Å². The molecule has 0 aliphatic carbocycles. The molecular weight excluding hydrogens is 316 g/mol. The van der Waals surface area contributed by atoms with Gasteiger partial charge in [-0.05, 0) is 33.6 Å². The van der Waals surface area contributed by atoms with Crippen LogP contribution in [0.25, 0.3) is 0 Å². The molecule has 23 heavy (non-hydrogen) atoms. The van der Waals surface area contributed by atoms with Gasteiger partial charge in [-0.2, -0.15) is 8.42 Å². The molecule has 0 aromatic heterocycles. The van der Waals surface area contributed by atoms with E-state index < -0.39 is 10.4 Å². The van der Waals surface area contributed by atoms with Crippen molar-refractivity contribution in [2.45, 2.75) is 78.1 Å². The zero-order valence-electron chi connectivity index (χ0n) is 15.6. The Balaban J connectivity index is -0.000000329. The summed E-state index contributed by atoms with van der Waals surface area (Å²) in [6.07, 6.45) is 13.9. The Morgan fingerprint density at radius 2 is 1.04 bits per heavy atom. The van der Waals surface area contributed by atoms with Crippen molar-refractivity contribution in [2.24, 2.45) is 5.73 Å². The van der Waals surface area contributed by atoms with Crippen LogP contribution in [0.4, 0.5) is 0 Å². The number of hydrogen-bond donors (Lipinski definition) is 3. The van der Waals surface area contributed by atoms with Crippen LogP contribution in [-0.4, -0.2) is 49.6 Å². The summed E-state index contributed by atoms with van der Waals surface area (Å²) in [5.41, 5.74) is 5.42.